The fourth-order valence-electron chi connectivity index (χ4n) is 2.47. The Labute approximate surface area is 107 Å². The van der Waals surface area contributed by atoms with Crippen LogP contribution in [0.3, 0.4) is 0 Å². The molecule has 0 radical (unpaired) electrons. The molecule has 3 nitrogen and oxygen atoms in total. The van der Waals surface area contributed by atoms with Crippen LogP contribution in [-0.4, -0.2) is 22.8 Å². The quantitative estimate of drug-likeness (QED) is 0.660. The van der Waals surface area contributed by atoms with Crippen molar-refractivity contribution in [1.29, 1.82) is 5.41 Å². The van der Waals surface area contributed by atoms with E-state index in [1.54, 1.807) is 11.3 Å². The van der Waals surface area contributed by atoms with E-state index in [1.807, 2.05) is 19.5 Å². The fraction of sp³-hybridized carbons (Fsp3) is 0.692. The van der Waals surface area contributed by atoms with Gasteiger partial charge in [0, 0.05) is 17.8 Å². The number of amidine groups is 1. The van der Waals surface area contributed by atoms with Gasteiger partial charge in [0.05, 0.1) is 23.6 Å². The maximum Gasteiger partial charge on any atom is 0.0990 e. The first-order valence-corrected chi connectivity index (χ1v) is 7.25. The van der Waals surface area contributed by atoms with Gasteiger partial charge in [-0.25, -0.2) is 4.98 Å². The smallest absolute Gasteiger partial charge is 0.0990 e. The lowest BCUT2D eigenvalue weighted by atomic mass is 9.88. The molecule has 1 saturated carbocycles. The van der Waals surface area contributed by atoms with E-state index in [0.29, 0.717) is 5.92 Å². The van der Waals surface area contributed by atoms with Crippen molar-refractivity contribution in [3.8, 4) is 0 Å². The molecule has 1 N–H and O–H groups in total. The first-order chi connectivity index (χ1) is 8.18. The summed E-state index contributed by atoms with van der Waals surface area (Å²) >= 11 is 1.69. The van der Waals surface area contributed by atoms with Gasteiger partial charge in [0.25, 0.3) is 0 Å². The zero-order valence-electron chi connectivity index (χ0n) is 10.7. The number of hydrogen-bond donors (Lipinski definition) is 1. The second-order valence-electron chi connectivity index (χ2n) is 4.94. The Kier molecular flexibility index (Phi) is 4.15. The highest BCUT2D eigenvalue weighted by Gasteiger charge is 2.21. The summed E-state index contributed by atoms with van der Waals surface area (Å²) in [6.07, 6.45) is 6.33. The Morgan fingerprint density at radius 1 is 1.47 bits per heavy atom. The van der Waals surface area contributed by atoms with Crippen LogP contribution in [0.15, 0.2) is 5.51 Å². The summed E-state index contributed by atoms with van der Waals surface area (Å²) < 4.78 is 0. The van der Waals surface area contributed by atoms with Gasteiger partial charge in [-0.2, -0.15) is 0 Å². The van der Waals surface area contributed by atoms with Crippen molar-refractivity contribution in [3.63, 3.8) is 0 Å². The summed E-state index contributed by atoms with van der Waals surface area (Å²) in [6, 6.07) is 0. The van der Waals surface area contributed by atoms with Gasteiger partial charge in [0.1, 0.15) is 0 Å². The molecule has 1 heterocycles. The van der Waals surface area contributed by atoms with Crippen LogP contribution in [0.2, 0.25) is 0 Å². The lowest BCUT2D eigenvalue weighted by molar-refractivity contribution is 0.383. The van der Waals surface area contributed by atoms with Crippen LogP contribution < -0.4 is 0 Å². The van der Waals surface area contributed by atoms with E-state index in [4.69, 9.17) is 5.41 Å². The third-order valence-corrected chi connectivity index (χ3v) is 4.55. The van der Waals surface area contributed by atoms with Gasteiger partial charge >= 0.3 is 0 Å². The van der Waals surface area contributed by atoms with Gasteiger partial charge < -0.3 is 4.90 Å². The highest BCUT2D eigenvalue weighted by Crippen LogP contribution is 2.26. The predicted octanol–water partition coefficient (Wildman–Crippen LogP) is 3.44. The molecular weight excluding hydrogens is 230 g/mol. The molecule has 94 valence electrons. The number of aromatic nitrogens is 1. The van der Waals surface area contributed by atoms with Crippen molar-refractivity contribution in [2.45, 2.75) is 45.6 Å². The van der Waals surface area contributed by atoms with E-state index in [0.717, 1.165) is 18.1 Å². The minimum atomic E-state index is 0.488. The van der Waals surface area contributed by atoms with Crippen molar-refractivity contribution < 1.29 is 0 Å². The van der Waals surface area contributed by atoms with E-state index in [-0.39, 0.29) is 0 Å². The standard InChI is InChI=1S/C13H21N3S/c1-10-12(17-9-15-10)8-16(2)13(14)11-6-4-3-5-7-11/h9,11,14H,3-8H2,1-2H3. The molecular formula is C13H21N3S. The summed E-state index contributed by atoms with van der Waals surface area (Å²) in [5, 5.41) is 8.27. The first-order valence-electron chi connectivity index (χ1n) is 6.37. The molecule has 1 aliphatic rings. The van der Waals surface area contributed by atoms with Gasteiger partial charge in [0.2, 0.25) is 0 Å². The predicted molar refractivity (Wildman–Crippen MR) is 72.6 cm³/mol. The van der Waals surface area contributed by atoms with Crippen LogP contribution in [0.4, 0.5) is 0 Å². The van der Waals surface area contributed by atoms with E-state index in [9.17, 15) is 0 Å². The van der Waals surface area contributed by atoms with E-state index < -0.39 is 0 Å². The second-order valence-corrected chi connectivity index (χ2v) is 5.88. The number of aryl methyl sites for hydroxylation is 1. The van der Waals surface area contributed by atoms with Crippen molar-refractivity contribution >= 4 is 17.2 Å². The average Bonchev–Trinajstić information content (AvgIpc) is 2.75. The van der Waals surface area contributed by atoms with Crippen molar-refractivity contribution in [2.75, 3.05) is 7.05 Å². The molecule has 0 unspecified atom stereocenters. The Hall–Kier alpha value is -0.900. The molecule has 1 aliphatic carbocycles. The van der Waals surface area contributed by atoms with Gasteiger partial charge in [-0.3, -0.25) is 5.41 Å². The normalized spacial score (nSPS) is 17.1. The third kappa shape index (κ3) is 3.06. The summed E-state index contributed by atoms with van der Waals surface area (Å²) in [4.78, 5) is 7.64. The van der Waals surface area contributed by atoms with Gasteiger partial charge in [-0.1, -0.05) is 19.3 Å². The molecule has 2 rings (SSSR count). The molecule has 0 atom stereocenters. The third-order valence-electron chi connectivity index (χ3n) is 3.63. The van der Waals surface area contributed by atoms with Crippen LogP contribution in [0.1, 0.15) is 42.7 Å². The summed E-state index contributed by atoms with van der Waals surface area (Å²) in [6.45, 7) is 2.88. The largest absolute Gasteiger partial charge is 0.358 e. The van der Waals surface area contributed by atoms with Gasteiger partial charge in [0.15, 0.2) is 0 Å². The molecule has 1 aromatic heterocycles. The lowest BCUT2D eigenvalue weighted by Gasteiger charge is -2.29. The number of hydrogen-bond acceptors (Lipinski definition) is 3. The Bertz CT molecular complexity index is 380. The number of nitrogens with one attached hydrogen (secondary N) is 1. The van der Waals surface area contributed by atoms with E-state index in [2.05, 4.69) is 9.88 Å². The minimum Gasteiger partial charge on any atom is -0.358 e. The van der Waals surface area contributed by atoms with Crippen LogP contribution in [-0.2, 0) is 6.54 Å². The monoisotopic (exact) mass is 251 g/mol. The Morgan fingerprint density at radius 2 is 2.18 bits per heavy atom. The Balaban J connectivity index is 1.93. The summed E-state index contributed by atoms with van der Waals surface area (Å²) in [7, 11) is 2.04. The molecule has 0 bridgehead atoms. The molecule has 17 heavy (non-hydrogen) atoms. The summed E-state index contributed by atoms with van der Waals surface area (Å²) in [5.74, 6) is 1.31. The molecule has 1 aromatic rings. The molecule has 0 aromatic carbocycles. The molecule has 0 aliphatic heterocycles. The van der Waals surface area contributed by atoms with Crippen LogP contribution >= 0.6 is 11.3 Å². The van der Waals surface area contributed by atoms with E-state index >= 15 is 0 Å². The van der Waals surface area contributed by atoms with Crippen molar-refractivity contribution in [3.05, 3.63) is 16.1 Å². The second kappa shape index (κ2) is 5.63. The SMILES string of the molecule is Cc1ncsc1CN(C)C(=N)C1CCCCC1. The maximum atomic E-state index is 8.27. The number of thiazole rings is 1. The van der Waals surface area contributed by atoms with Gasteiger partial charge in [-0.15, -0.1) is 11.3 Å². The molecule has 1 fully saturated rings. The zero-order chi connectivity index (χ0) is 12.3. The molecule has 0 saturated heterocycles. The average molecular weight is 251 g/mol. The highest BCUT2D eigenvalue weighted by atomic mass is 32.1. The maximum absolute atomic E-state index is 8.27. The number of rotatable bonds is 3. The lowest BCUT2D eigenvalue weighted by Crippen LogP contribution is -2.32. The Morgan fingerprint density at radius 3 is 2.76 bits per heavy atom. The number of nitrogens with zero attached hydrogens (tertiary/aromatic N) is 2. The van der Waals surface area contributed by atoms with Crippen molar-refractivity contribution in [2.24, 2.45) is 5.92 Å². The minimum absolute atomic E-state index is 0.488. The fourth-order valence-corrected chi connectivity index (χ4v) is 3.30. The van der Waals surface area contributed by atoms with Gasteiger partial charge in [-0.05, 0) is 19.8 Å². The molecule has 0 amide bonds. The topological polar surface area (TPSA) is 40.0 Å². The van der Waals surface area contributed by atoms with E-state index in [1.165, 1.54) is 37.0 Å². The van der Waals surface area contributed by atoms with Crippen LogP contribution in [0.5, 0.6) is 0 Å². The summed E-state index contributed by atoms with van der Waals surface area (Å²) in [5.41, 5.74) is 3.00. The van der Waals surface area contributed by atoms with Crippen LogP contribution in [0.25, 0.3) is 0 Å². The molecule has 0 spiro atoms. The molecule has 4 heteroatoms. The first kappa shape index (κ1) is 12.6. The highest BCUT2D eigenvalue weighted by molar-refractivity contribution is 7.09. The van der Waals surface area contributed by atoms with Crippen LogP contribution in [0, 0.1) is 18.3 Å². The zero-order valence-corrected chi connectivity index (χ0v) is 11.5. The van der Waals surface area contributed by atoms with Crippen molar-refractivity contribution in [1.82, 2.24) is 9.88 Å².